The molecule has 12 heteroatoms. The molecule has 202 valence electrons. The summed E-state index contributed by atoms with van der Waals surface area (Å²) in [6, 6.07) is 11.1. The van der Waals surface area contributed by atoms with E-state index >= 15 is 0 Å². The smallest absolute Gasteiger partial charge is 0.281 e. The fourth-order valence-electron chi connectivity index (χ4n) is 3.69. The topological polar surface area (TPSA) is 143 Å². The first-order valence-corrected chi connectivity index (χ1v) is 13.6. The number of nitrogens with two attached hydrogens (primary N) is 1. The second kappa shape index (κ2) is 11.7. The van der Waals surface area contributed by atoms with E-state index in [0.29, 0.717) is 36.6 Å². The molecule has 1 amide bonds. The van der Waals surface area contributed by atoms with Crippen LogP contribution in [0.2, 0.25) is 0 Å². The van der Waals surface area contributed by atoms with E-state index in [-0.39, 0.29) is 29.8 Å². The minimum atomic E-state index is -4.33. The molecule has 1 saturated heterocycles. The van der Waals surface area contributed by atoms with E-state index in [2.05, 4.69) is 9.97 Å². The molecule has 1 unspecified atom stereocenters. The normalized spacial score (nSPS) is 15.7. The zero-order chi connectivity index (χ0) is 27.3. The number of benzene rings is 1. The molecule has 1 aromatic carbocycles. The second-order valence-electron chi connectivity index (χ2n) is 9.22. The van der Waals surface area contributed by atoms with E-state index in [1.165, 1.54) is 42.5 Å². The van der Waals surface area contributed by atoms with E-state index < -0.39 is 32.9 Å². The minimum absolute atomic E-state index is 0.0144. The lowest BCUT2D eigenvalue weighted by Crippen LogP contribution is -2.33. The van der Waals surface area contributed by atoms with Crippen LogP contribution in [0.5, 0.6) is 11.6 Å². The maximum absolute atomic E-state index is 14.4. The van der Waals surface area contributed by atoms with Crippen LogP contribution in [0.1, 0.15) is 37.0 Å². The van der Waals surface area contributed by atoms with Gasteiger partial charge in [0.25, 0.3) is 15.9 Å². The zero-order valence-electron chi connectivity index (χ0n) is 21.0. The summed E-state index contributed by atoms with van der Waals surface area (Å²) >= 11 is 0. The Bertz CT molecular complexity index is 1410. The summed E-state index contributed by atoms with van der Waals surface area (Å²) < 4.78 is 59.0. The van der Waals surface area contributed by atoms with Crippen LogP contribution >= 0.6 is 0 Å². The maximum atomic E-state index is 14.4. The molecule has 3 N–H and O–H groups in total. The van der Waals surface area contributed by atoms with Gasteiger partial charge in [0.2, 0.25) is 5.88 Å². The Morgan fingerprint density at radius 2 is 2.03 bits per heavy atom. The molecular weight excluding hydrogens is 515 g/mol. The first-order valence-electron chi connectivity index (χ1n) is 12.1. The summed E-state index contributed by atoms with van der Waals surface area (Å²) in [7, 11) is -4.33. The standard InChI is InChI=1S/C26H29FN4O6S/c1-16(2)14-36-20-12-17(11-18(27)13-20)22-9-8-21(26(29-22)37-19-5-4-10-35-15-19)25(32)31-38(33,34)24-7-3-6-23(28)30-24/h3,6-9,11-13,16,19H,4-5,10,14-15H2,1-2H3,(H2,28,30)(H,31,32). The van der Waals surface area contributed by atoms with Gasteiger partial charge in [0, 0.05) is 18.2 Å². The van der Waals surface area contributed by atoms with Crippen molar-refractivity contribution in [1.29, 1.82) is 0 Å². The largest absolute Gasteiger partial charge is 0.493 e. The number of carbonyl (C=O) groups is 1. The Morgan fingerprint density at radius 1 is 1.21 bits per heavy atom. The van der Waals surface area contributed by atoms with Gasteiger partial charge in [-0.3, -0.25) is 4.79 Å². The summed E-state index contributed by atoms with van der Waals surface area (Å²) in [5.74, 6) is -1.04. The van der Waals surface area contributed by atoms with E-state index in [9.17, 15) is 17.6 Å². The van der Waals surface area contributed by atoms with Crippen LogP contribution in [0.15, 0.2) is 53.6 Å². The Hall–Kier alpha value is -3.77. The third-order valence-corrected chi connectivity index (χ3v) is 6.73. The number of rotatable bonds is 9. The Morgan fingerprint density at radius 3 is 2.74 bits per heavy atom. The Labute approximate surface area is 220 Å². The van der Waals surface area contributed by atoms with E-state index in [1.54, 1.807) is 6.07 Å². The third kappa shape index (κ3) is 6.95. The molecule has 38 heavy (non-hydrogen) atoms. The van der Waals surface area contributed by atoms with Crippen LogP contribution < -0.4 is 19.9 Å². The highest BCUT2D eigenvalue weighted by atomic mass is 32.2. The molecule has 1 fully saturated rings. The molecule has 0 radical (unpaired) electrons. The molecule has 1 aliphatic rings. The second-order valence-corrected chi connectivity index (χ2v) is 10.9. The van der Waals surface area contributed by atoms with Crippen LogP contribution in [0.25, 0.3) is 11.3 Å². The van der Waals surface area contributed by atoms with Crippen molar-refractivity contribution < 1.29 is 31.8 Å². The molecule has 0 saturated carbocycles. The number of hydrogen-bond acceptors (Lipinski definition) is 9. The predicted molar refractivity (Wildman–Crippen MR) is 138 cm³/mol. The van der Waals surface area contributed by atoms with Crippen LogP contribution in [0.3, 0.4) is 0 Å². The summed E-state index contributed by atoms with van der Waals surface area (Å²) in [5.41, 5.74) is 6.17. The van der Waals surface area contributed by atoms with E-state index in [1.807, 2.05) is 18.6 Å². The molecule has 4 rings (SSSR count). The van der Waals surface area contributed by atoms with Gasteiger partial charge in [-0.25, -0.2) is 19.1 Å². The number of halogens is 1. The van der Waals surface area contributed by atoms with Crippen molar-refractivity contribution in [3.05, 3.63) is 59.9 Å². The SMILES string of the molecule is CC(C)COc1cc(F)cc(-c2ccc(C(=O)NS(=O)(=O)c3cccc(N)n3)c(OC3CCCOC3)n2)c1. The van der Waals surface area contributed by atoms with Gasteiger partial charge >= 0.3 is 0 Å². The third-order valence-electron chi connectivity index (χ3n) is 5.50. The number of anilines is 1. The van der Waals surface area contributed by atoms with Crippen LogP contribution in [-0.2, 0) is 14.8 Å². The number of pyridine rings is 2. The van der Waals surface area contributed by atoms with E-state index in [4.69, 9.17) is 19.9 Å². The van der Waals surface area contributed by atoms with Gasteiger partial charge in [-0.2, -0.15) is 8.42 Å². The van der Waals surface area contributed by atoms with Gasteiger partial charge < -0.3 is 19.9 Å². The number of nitrogens with zero attached hydrogens (tertiary/aromatic N) is 2. The van der Waals surface area contributed by atoms with Crippen molar-refractivity contribution in [3.63, 3.8) is 0 Å². The number of sulfonamides is 1. The molecule has 0 aliphatic carbocycles. The van der Waals surface area contributed by atoms with Gasteiger partial charge in [0.1, 0.15) is 29.1 Å². The highest BCUT2D eigenvalue weighted by Crippen LogP contribution is 2.29. The number of aromatic nitrogens is 2. The van der Waals surface area contributed by atoms with Crippen molar-refractivity contribution in [2.75, 3.05) is 25.6 Å². The average Bonchev–Trinajstić information content (AvgIpc) is 2.87. The molecule has 3 heterocycles. The zero-order valence-corrected chi connectivity index (χ0v) is 21.8. The van der Waals surface area contributed by atoms with Crippen molar-refractivity contribution in [2.24, 2.45) is 5.92 Å². The molecule has 1 atom stereocenters. The maximum Gasteiger partial charge on any atom is 0.281 e. The van der Waals surface area contributed by atoms with Crippen molar-refractivity contribution in [3.8, 4) is 22.9 Å². The summed E-state index contributed by atoms with van der Waals surface area (Å²) in [6.07, 6.45) is 1.01. The van der Waals surface area contributed by atoms with Gasteiger partial charge in [0.15, 0.2) is 5.03 Å². The molecule has 10 nitrogen and oxygen atoms in total. The fourth-order valence-corrected chi connectivity index (χ4v) is 4.63. The summed E-state index contributed by atoms with van der Waals surface area (Å²) in [5, 5.41) is -0.410. The van der Waals surface area contributed by atoms with Gasteiger partial charge in [0.05, 0.1) is 18.9 Å². The lowest BCUT2D eigenvalue weighted by molar-refractivity contribution is 0.00519. The van der Waals surface area contributed by atoms with Gasteiger partial charge in [-0.05, 0) is 55.2 Å². The molecule has 1 aliphatic heterocycles. The first-order chi connectivity index (χ1) is 18.1. The van der Waals surface area contributed by atoms with Crippen molar-refractivity contribution in [2.45, 2.75) is 37.8 Å². The molecule has 2 aromatic heterocycles. The Kier molecular flexibility index (Phi) is 8.42. The van der Waals surface area contributed by atoms with Crippen LogP contribution in [-0.4, -0.2) is 50.2 Å². The average molecular weight is 545 g/mol. The quantitative estimate of drug-likeness (QED) is 0.413. The minimum Gasteiger partial charge on any atom is -0.493 e. The summed E-state index contributed by atoms with van der Waals surface area (Å²) in [4.78, 5) is 21.3. The highest BCUT2D eigenvalue weighted by Gasteiger charge is 2.26. The van der Waals surface area contributed by atoms with Crippen molar-refractivity contribution >= 4 is 21.7 Å². The number of carbonyl (C=O) groups excluding carboxylic acids is 1. The van der Waals surface area contributed by atoms with Crippen LogP contribution in [0.4, 0.5) is 10.2 Å². The Balaban J connectivity index is 1.67. The molecule has 0 bridgehead atoms. The predicted octanol–water partition coefficient (Wildman–Crippen LogP) is 3.58. The highest BCUT2D eigenvalue weighted by molar-refractivity contribution is 7.90. The van der Waals surface area contributed by atoms with Crippen molar-refractivity contribution in [1.82, 2.24) is 14.7 Å². The molecule has 0 spiro atoms. The number of hydrogen-bond donors (Lipinski definition) is 2. The number of nitrogens with one attached hydrogen (secondary N) is 1. The number of amides is 1. The monoisotopic (exact) mass is 544 g/mol. The first kappa shape index (κ1) is 27.3. The van der Waals surface area contributed by atoms with E-state index in [0.717, 1.165) is 6.42 Å². The molecular formula is C26H29FN4O6S. The summed E-state index contributed by atoms with van der Waals surface area (Å²) in [6.45, 7) is 5.24. The fraction of sp³-hybridized carbons (Fsp3) is 0.346. The number of nitrogen functional groups attached to an aromatic ring is 1. The van der Waals surface area contributed by atoms with Gasteiger partial charge in [-0.15, -0.1) is 0 Å². The van der Waals surface area contributed by atoms with Crippen LogP contribution in [0, 0.1) is 11.7 Å². The van der Waals surface area contributed by atoms with Gasteiger partial charge in [-0.1, -0.05) is 19.9 Å². The number of ether oxygens (including phenoxy) is 3. The molecule has 3 aromatic rings. The lowest BCUT2D eigenvalue weighted by Gasteiger charge is -2.24. The lowest BCUT2D eigenvalue weighted by atomic mass is 10.1.